The van der Waals surface area contributed by atoms with Crippen molar-refractivity contribution in [3.8, 4) is 0 Å². The number of halogens is 1. The summed E-state index contributed by atoms with van der Waals surface area (Å²) in [6, 6.07) is 1.07. The fraction of sp³-hybridized carbons (Fsp3) is 0.364. The Morgan fingerprint density at radius 3 is 3.00 bits per heavy atom. The first-order valence-corrected chi connectivity index (χ1v) is 6.22. The van der Waals surface area contributed by atoms with E-state index in [1.54, 1.807) is 0 Å². The summed E-state index contributed by atoms with van der Waals surface area (Å²) >= 11 is 5.81. The van der Waals surface area contributed by atoms with Crippen molar-refractivity contribution in [1.29, 1.82) is 0 Å². The van der Waals surface area contributed by atoms with Gasteiger partial charge in [0.25, 0.3) is 11.6 Å². The van der Waals surface area contributed by atoms with Crippen LogP contribution in [0.15, 0.2) is 12.3 Å². The maximum absolute atomic E-state index is 12.3. The van der Waals surface area contributed by atoms with Gasteiger partial charge in [0, 0.05) is 19.2 Å². The number of nitrogens with zero attached hydrogens (tertiary/aromatic N) is 3. The molecule has 0 saturated carbocycles. The molecule has 1 aromatic heterocycles. The summed E-state index contributed by atoms with van der Waals surface area (Å²) in [7, 11) is 0. The standard InChI is InChI=1S/C11H11ClN4O4/c12-10-8(4-7(5-14-10)16(19)20)11(18)15-3-1-2-13-9(17)6-15/h4-5H,1-3,6H2,(H,13,17). The second-order valence-corrected chi connectivity index (χ2v) is 4.58. The summed E-state index contributed by atoms with van der Waals surface area (Å²) in [4.78, 5) is 38.7. The molecule has 106 valence electrons. The van der Waals surface area contributed by atoms with Crippen LogP contribution in [0.2, 0.25) is 5.15 Å². The normalized spacial score (nSPS) is 15.4. The van der Waals surface area contributed by atoms with Crippen molar-refractivity contribution >= 4 is 29.1 Å². The van der Waals surface area contributed by atoms with Gasteiger partial charge in [-0.15, -0.1) is 0 Å². The average Bonchev–Trinajstić information content (AvgIpc) is 2.63. The number of carbonyl (C=O) groups is 2. The number of aromatic nitrogens is 1. The van der Waals surface area contributed by atoms with Crippen LogP contribution >= 0.6 is 11.6 Å². The van der Waals surface area contributed by atoms with Gasteiger partial charge in [0.05, 0.1) is 17.0 Å². The van der Waals surface area contributed by atoms with Gasteiger partial charge in [-0.05, 0) is 6.42 Å². The zero-order valence-electron chi connectivity index (χ0n) is 10.3. The van der Waals surface area contributed by atoms with Gasteiger partial charge in [0.15, 0.2) is 0 Å². The average molecular weight is 299 g/mol. The lowest BCUT2D eigenvalue weighted by molar-refractivity contribution is -0.385. The smallest absolute Gasteiger partial charge is 0.288 e. The van der Waals surface area contributed by atoms with Crippen LogP contribution in [-0.4, -0.2) is 46.3 Å². The Labute approximate surface area is 118 Å². The third-order valence-electron chi connectivity index (χ3n) is 2.81. The van der Waals surface area contributed by atoms with Crippen LogP contribution in [0.5, 0.6) is 0 Å². The summed E-state index contributed by atoms with van der Waals surface area (Å²) in [6.07, 6.45) is 1.59. The van der Waals surface area contributed by atoms with Crippen LogP contribution in [0.25, 0.3) is 0 Å². The molecule has 0 spiro atoms. The number of rotatable bonds is 2. The van der Waals surface area contributed by atoms with E-state index in [4.69, 9.17) is 11.6 Å². The number of nitro groups is 1. The van der Waals surface area contributed by atoms with Gasteiger partial charge in [-0.3, -0.25) is 19.7 Å². The van der Waals surface area contributed by atoms with Crippen LogP contribution in [0.3, 0.4) is 0 Å². The zero-order chi connectivity index (χ0) is 14.7. The van der Waals surface area contributed by atoms with Crippen LogP contribution < -0.4 is 5.32 Å². The Kier molecular flexibility index (Phi) is 4.14. The number of hydrogen-bond acceptors (Lipinski definition) is 5. The molecule has 2 rings (SSSR count). The largest absolute Gasteiger partial charge is 0.354 e. The van der Waals surface area contributed by atoms with Crippen molar-refractivity contribution < 1.29 is 14.5 Å². The summed E-state index contributed by atoms with van der Waals surface area (Å²) in [5, 5.41) is 13.2. The lowest BCUT2D eigenvalue weighted by Crippen LogP contribution is -2.37. The molecule has 1 aliphatic rings. The molecule has 20 heavy (non-hydrogen) atoms. The van der Waals surface area contributed by atoms with Crippen molar-refractivity contribution in [3.05, 3.63) is 33.1 Å². The Morgan fingerprint density at radius 1 is 1.55 bits per heavy atom. The van der Waals surface area contributed by atoms with E-state index in [9.17, 15) is 19.7 Å². The SMILES string of the molecule is O=C1CN(C(=O)c2cc([N+](=O)[O-])cnc2Cl)CCCN1. The summed E-state index contributed by atoms with van der Waals surface area (Å²) in [6.45, 7) is 0.762. The van der Waals surface area contributed by atoms with Gasteiger partial charge < -0.3 is 10.2 Å². The quantitative estimate of drug-likeness (QED) is 0.489. The van der Waals surface area contributed by atoms with Crippen LogP contribution in [0.4, 0.5) is 5.69 Å². The molecule has 2 amide bonds. The van der Waals surface area contributed by atoms with Crippen LogP contribution in [0, 0.1) is 10.1 Å². The molecular formula is C11H11ClN4O4. The first-order chi connectivity index (χ1) is 9.49. The molecule has 0 bridgehead atoms. The van der Waals surface area contributed by atoms with E-state index in [-0.39, 0.29) is 28.9 Å². The van der Waals surface area contributed by atoms with E-state index in [0.29, 0.717) is 19.5 Å². The number of pyridine rings is 1. The Balaban J connectivity index is 2.29. The molecule has 1 aliphatic heterocycles. The second kappa shape index (κ2) is 5.83. The third-order valence-corrected chi connectivity index (χ3v) is 3.12. The van der Waals surface area contributed by atoms with E-state index in [1.807, 2.05) is 0 Å². The molecule has 9 heteroatoms. The lowest BCUT2D eigenvalue weighted by Gasteiger charge is -2.19. The molecule has 0 unspecified atom stereocenters. The highest BCUT2D eigenvalue weighted by Crippen LogP contribution is 2.21. The fourth-order valence-electron chi connectivity index (χ4n) is 1.84. The van der Waals surface area contributed by atoms with Gasteiger partial charge in [0.1, 0.15) is 11.3 Å². The Bertz CT molecular complexity index is 578. The number of amides is 2. The van der Waals surface area contributed by atoms with Gasteiger partial charge >= 0.3 is 0 Å². The van der Waals surface area contributed by atoms with E-state index in [0.717, 1.165) is 12.3 Å². The van der Waals surface area contributed by atoms with Gasteiger partial charge in [-0.1, -0.05) is 11.6 Å². The highest BCUT2D eigenvalue weighted by molar-refractivity contribution is 6.32. The summed E-state index contributed by atoms with van der Waals surface area (Å²) < 4.78 is 0. The minimum Gasteiger partial charge on any atom is -0.354 e. The molecule has 1 N–H and O–H groups in total. The topological polar surface area (TPSA) is 105 Å². The maximum Gasteiger partial charge on any atom is 0.288 e. The second-order valence-electron chi connectivity index (χ2n) is 4.22. The van der Waals surface area contributed by atoms with Crippen LogP contribution in [0.1, 0.15) is 16.8 Å². The molecule has 1 fully saturated rings. The molecule has 0 radical (unpaired) electrons. The molecule has 2 heterocycles. The molecule has 0 aliphatic carbocycles. The van der Waals surface area contributed by atoms with Gasteiger partial charge in [-0.25, -0.2) is 4.98 Å². The lowest BCUT2D eigenvalue weighted by atomic mass is 10.2. The highest BCUT2D eigenvalue weighted by Gasteiger charge is 2.25. The van der Waals surface area contributed by atoms with E-state index in [2.05, 4.69) is 10.3 Å². The third kappa shape index (κ3) is 3.02. The predicted molar refractivity (Wildman–Crippen MR) is 69.4 cm³/mol. The van der Waals surface area contributed by atoms with E-state index < -0.39 is 10.8 Å². The number of carbonyl (C=O) groups excluding carboxylic acids is 2. The molecule has 1 aromatic rings. The Morgan fingerprint density at radius 2 is 2.30 bits per heavy atom. The van der Waals surface area contributed by atoms with Gasteiger partial charge in [-0.2, -0.15) is 0 Å². The highest BCUT2D eigenvalue weighted by atomic mass is 35.5. The predicted octanol–water partition coefficient (Wildman–Crippen LogP) is 0.605. The van der Waals surface area contributed by atoms with Crippen molar-refractivity contribution in [1.82, 2.24) is 15.2 Å². The van der Waals surface area contributed by atoms with Crippen molar-refractivity contribution in [2.24, 2.45) is 0 Å². The van der Waals surface area contributed by atoms with Crippen molar-refractivity contribution in [2.75, 3.05) is 19.6 Å². The number of nitrogens with one attached hydrogen (secondary N) is 1. The summed E-state index contributed by atoms with van der Waals surface area (Å²) in [5.41, 5.74) is -0.396. The minimum absolute atomic E-state index is 0.0735. The van der Waals surface area contributed by atoms with Crippen molar-refractivity contribution in [3.63, 3.8) is 0 Å². The first-order valence-electron chi connectivity index (χ1n) is 5.85. The van der Waals surface area contributed by atoms with E-state index >= 15 is 0 Å². The molecule has 0 atom stereocenters. The van der Waals surface area contributed by atoms with Crippen molar-refractivity contribution in [2.45, 2.75) is 6.42 Å². The first kappa shape index (κ1) is 14.2. The summed E-state index contributed by atoms with van der Waals surface area (Å²) in [5.74, 6) is -0.811. The van der Waals surface area contributed by atoms with Crippen LogP contribution in [-0.2, 0) is 4.79 Å². The zero-order valence-corrected chi connectivity index (χ0v) is 11.1. The number of hydrogen-bond donors (Lipinski definition) is 1. The van der Waals surface area contributed by atoms with E-state index in [1.165, 1.54) is 4.90 Å². The Hall–Kier alpha value is -2.22. The maximum atomic E-state index is 12.3. The minimum atomic E-state index is -0.657. The molecular weight excluding hydrogens is 288 g/mol. The molecule has 1 saturated heterocycles. The monoisotopic (exact) mass is 298 g/mol. The molecule has 0 aromatic carbocycles. The molecule has 8 nitrogen and oxygen atoms in total. The van der Waals surface area contributed by atoms with Gasteiger partial charge in [0.2, 0.25) is 5.91 Å². The fourth-order valence-corrected chi connectivity index (χ4v) is 2.02.